The van der Waals surface area contributed by atoms with Gasteiger partial charge in [0, 0.05) is 23.4 Å². The second-order valence-electron chi connectivity index (χ2n) is 7.27. The lowest BCUT2D eigenvalue weighted by atomic mass is 9.75. The van der Waals surface area contributed by atoms with Crippen LogP contribution < -0.4 is 20.1 Å². The Balaban J connectivity index is 1.95. The molecule has 1 aliphatic heterocycles. The molecule has 6 heteroatoms. The summed E-state index contributed by atoms with van der Waals surface area (Å²) in [5, 5.41) is 10.1. The van der Waals surface area contributed by atoms with Crippen LogP contribution in [0.4, 0.5) is 5.69 Å². The predicted octanol–water partition coefficient (Wildman–Crippen LogP) is 4.01. The van der Waals surface area contributed by atoms with Crippen LogP contribution in [-0.4, -0.2) is 20.0 Å². The van der Waals surface area contributed by atoms with Crippen molar-refractivity contribution in [1.29, 1.82) is 5.26 Å². The van der Waals surface area contributed by atoms with Gasteiger partial charge in [0.25, 0.3) is 0 Å². The van der Waals surface area contributed by atoms with E-state index in [0.29, 0.717) is 34.9 Å². The largest absolute Gasteiger partial charge is 0.493 e. The van der Waals surface area contributed by atoms with Crippen LogP contribution in [0.25, 0.3) is 0 Å². The van der Waals surface area contributed by atoms with Crippen molar-refractivity contribution in [3.63, 3.8) is 0 Å². The van der Waals surface area contributed by atoms with E-state index in [2.05, 4.69) is 6.07 Å². The lowest BCUT2D eigenvalue weighted by Crippen LogP contribution is -2.38. The Bertz CT molecular complexity index is 1100. The zero-order valence-electron chi connectivity index (χ0n) is 17.0. The second kappa shape index (κ2) is 7.96. The molecular weight excluding hydrogens is 378 g/mol. The van der Waals surface area contributed by atoms with Gasteiger partial charge in [0.2, 0.25) is 0 Å². The fourth-order valence-corrected chi connectivity index (χ4v) is 4.32. The fraction of sp³-hybridized carbons (Fsp3) is 0.250. The number of ketones is 1. The highest BCUT2D eigenvalue weighted by Crippen LogP contribution is 2.47. The summed E-state index contributed by atoms with van der Waals surface area (Å²) in [5.41, 5.74) is 10.0. The summed E-state index contributed by atoms with van der Waals surface area (Å²) in [5.74, 6) is 1.01. The number of para-hydroxylation sites is 1. The minimum atomic E-state index is -0.530. The number of nitriles is 1. The van der Waals surface area contributed by atoms with Gasteiger partial charge in [-0.2, -0.15) is 5.26 Å². The maximum Gasteiger partial charge on any atom is 0.161 e. The van der Waals surface area contributed by atoms with Crippen LogP contribution in [0.2, 0.25) is 0 Å². The summed E-state index contributed by atoms with van der Waals surface area (Å²) in [7, 11) is 3.13. The molecule has 2 aromatic carbocycles. The summed E-state index contributed by atoms with van der Waals surface area (Å²) >= 11 is 0. The van der Waals surface area contributed by atoms with E-state index in [1.165, 1.54) is 0 Å². The molecule has 1 heterocycles. The molecule has 0 saturated heterocycles. The zero-order chi connectivity index (χ0) is 21.3. The Hall–Kier alpha value is -3.72. The van der Waals surface area contributed by atoms with Crippen LogP contribution in [0.5, 0.6) is 11.5 Å². The lowest BCUT2D eigenvalue weighted by Gasteiger charge is -2.39. The van der Waals surface area contributed by atoms with Crippen molar-refractivity contribution in [2.75, 3.05) is 19.1 Å². The van der Waals surface area contributed by atoms with E-state index in [-0.39, 0.29) is 5.78 Å². The number of hydrogen-bond acceptors (Lipinski definition) is 6. The van der Waals surface area contributed by atoms with Crippen LogP contribution >= 0.6 is 0 Å². The first-order chi connectivity index (χ1) is 14.6. The molecule has 0 spiro atoms. The van der Waals surface area contributed by atoms with Gasteiger partial charge in [-0.3, -0.25) is 9.69 Å². The summed E-state index contributed by atoms with van der Waals surface area (Å²) in [6.07, 6.45) is 1.94. The highest BCUT2D eigenvalue weighted by molar-refractivity contribution is 6.01. The fourth-order valence-electron chi connectivity index (χ4n) is 4.32. The average molecular weight is 401 g/mol. The summed E-state index contributed by atoms with van der Waals surface area (Å²) < 4.78 is 10.8. The van der Waals surface area contributed by atoms with E-state index in [0.717, 1.165) is 29.8 Å². The first-order valence-corrected chi connectivity index (χ1v) is 9.83. The smallest absolute Gasteiger partial charge is 0.161 e. The number of rotatable bonds is 4. The van der Waals surface area contributed by atoms with E-state index in [1.807, 2.05) is 47.4 Å². The Kier molecular flexibility index (Phi) is 5.20. The topological polar surface area (TPSA) is 88.6 Å². The number of carbonyl (C=O) groups excluding carboxylic acids is 1. The van der Waals surface area contributed by atoms with E-state index in [4.69, 9.17) is 15.2 Å². The number of allylic oxidation sites excluding steroid dienone is 3. The summed E-state index contributed by atoms with van der Waals surface area (Å²) in [6, 6.07) is 17.4. The maximum atomic E-state index is 13.1. The Morgan fingerprint density at radius 1 is 1.07 bits per heavy atom. The standard InChI is InChI=1S/C24H23N3O3/c1-29-20-12-11-15(13-21(20)30-2)22-17(14-25)24(26)27(16-7-4-3-5-8-16)18-9-6-10-19(28)23(18)22/h3-5,7-8,11-13,22H,6,9-10,26H2,1-2H3/t22-/m1/s1. The van der Waals surface area contributed by atoms with Gasteiger partial charge in [-0.05, 0) is 42.7 Å². The lowest BCUT2D eigenvalue weighted by molar-refractivity contribution is -0.116. The van der Waals surface area contributed by atoms with Crippen molar-refractivity contribution < 1.29 is 14.3 Å². The van der Waals surface area contributed by atoms with E-state index >= 15 is 0 Å². The molecule has 6 nitrogen and oxygen atoms in total. The van der Waals surface area contributed by atoms with Crippen molar-refractivity contribution >= 4 is 11.5 Å². The van der Waals surface area contributed by atoms with Gasteiger partial charge < -0.3 is 15.2 Å². The molecule has 1 aliphatic carbocycles. The van der Waals surface area contributed by atoms with Crippen molar-refractivity contribution in [3.05, 3.63) is 76.8 Å². The van der Waals surface area contributed by atoms with Gasteiger partial charge in [0.15, 0.2) is 17.3 Å². The first kappa shape index (κ1) is 19.6. The average Bonchev–Trinajstić information content (AvgIpc) is 2.78. The van der Waals surface area contributed by atoms with Crippen molar-refractivity contribution in [2.24, 2.45) is 5.73 Å². The number of Topliss-reactive ketones (excluding diaryl/α,β-unsaturated/α-hetero) is 1. The quantitative estimate of drug-likeness (QED) is 0.833. The Morgan fingerprint density at radius 2 is 1.80 bits per heavy atom. The van der Waals surface area contributed by atoms with E-state index < -0.39 is 5.92 Å². The van der Waals surface area contributed by atoms with Gasteiger partial charge in [-0.25, -0.2) is 0 Å². The molecule has 2 aliphatic rings. The second-order valence-corrected chi connectivity index (χ2v) is 7.27. The first-order valence-electron chi connectivity index (χ1n) is 9.83. The van der Waals surface area contributed by atoms with Gasteiger partial charge in [-0.15, -0.1) is 0 Å². The number of ether oxygens (including phenoxy) is 2. The summed E-state index contributed by atoms with van der Waals surface area (Å²) in [4.78, 5) is 15.0. The number of nitrogens with zero attached hydrogens (tertiary/aromatic N) is 2. The van der Waals surface area contributed by atoms with Gasteiger partial charge in [0.1, 0.15) is 5.82 Å². The molecule has 0 fully saturated rings. The number of hydrogen-bond donors (Lipinski definition) is 1. The van der Waals surface area contributed by atoms with Gasteiger partial charge >= 0.3 is 0 Å². The number of carbonyl (C=O) groups is 1. The van der Waals surface area contributed by atoms with Crippen LogP contribution in [0, 0.1) is 11.3 Å². The van der Waals surface area contributed by atoms with Gasteiger partial charge in [0.05, 0.1) is 31.8 Å². The highest BCUT2D eigenvalue weighted by atomic mass is 16.5. The Morgan fingerprint density at radius 3 is 2.47 bits per heavy atom. The van der Waals surface area contributed by atoms with Crippen LogP contribution in [0.1, 0.15) is 30.7 Å². The predicted molar refractivity (Wildman–Crippen MR) is 114 cm³/mol. The molecular formula is C24H23N3O3. The highest BCUT2D eigenvalue weighted by Gasteiger charge is 2.40. The van der Waals surface area contributed by atoms with Crippen molar-refractivity contribution in [1.82, 2.24) is 0 Å². The molecule has 2 aromatic rings. The molecule has 0 amide bonds. The van der Waals surface area contributed by atoms with E-state index in [9.17, 15) is 10.1 Å². The number of methoxy groups -OCH3 is 2. The molecule has 4 rings (SSSR count). The van der Waals surface area contributed by atoms with Gasteiger partial charge in [-0.1, -0.05) is 24.3 Å². The monoisotopic (exact) mass is 401 g/mol. The molecule has 30 heavy (non-hydrogen) atoms. The van der Waals surface area contributed by atoms with Crippen LogP contribution in [0.3, 0.4) is 0 Å². The van der Waals surface area contributed by atoms with E-state index in [1.54, 1.807) is 20.3 Å². The third-order valence-electron chi connectivity index (χ3n) is 5.67. The maximum absolute atomic E-state index is 13.1. The molecule has 0 radical (unpaired) electrons. The molecule has 2 N–H and O–H groups in total. The third kappa shape index (κ3) is 3.09. The normalized spacial score (nSPS) is 18.8. The van der Waals surface area contributed by atoms with Crippen LogP contribution in [0.15, 0.2) is 71.2 Å². The number of anilines is 1. The molecule has 0 unspecified atom stereocenters. The van der Waals surface area contributed by atoms with Crippen LogP contribution in [-0.2, 0) is 4.79 Å². The number of benzene rings is 2. The van der Waals surface area contributed by atoms with Crippen molar-refractivity contribution in [3.8, 4) is 17.6 Å². The molecule has 0 aromatic heterocycles. The van der Waals surface area contributed by atoms with Crippen molar-refractivity contribution in [2.45, 2.75) is 25.2 Å². The molecule has 0 saturated carbocycles. The SMILES string of the molecule is COc1ccc([C@@H]2C(C#N)=C(N)N(c3ccccc3)C3=C2C(=O)CCC3)cc1OC. The zero-order valence-corrected chi connectivity index (χ0v) is 17.0. The third-order valence-corrected chi connectivity index (χ3v) is 5.67. The molecule has 1 atom stereocenters. The Labute approximate surface area is 175 Å². The summed E-state index contributed by atoms with van der Waals surface area (Å²) in [6.45, 7) is 0. The minimum absolute atomic E-state index is 0.0530. The minimum Gasteiger partial charge on any atom is -0.493 e. The molecule has 152 valence electrons. The number of nitrogens with two attached hydrogens (primary N) is 1. The molecule has 0 bridgehead atoms.